The lowest BCUT2D eigenvalue weighted by molar-refractivity contribution is 0.173. The number of ether oxygens (including phenoxy) is 3. The van der Waals surface area contributed by atoms with Gasteiger partial charge in [0.1, 0.15) is 0 Å². The van der Waals surface area contributed by atoms with Crippen molar-refractivity contribution in [1.29, 1.82) is 0 Å². The van der Waals surface area contributed by atoms with Gasteiger partial charge in [-0.05, 0) is 18.6 Å². The van der Waals surface area contributed by atoms with Crippen molar-refractivity contribution >= 4 is 29.1 Å². The summed E-state index contributed by atoms with van der Waals surface area (Å²) >= 11 is 8.09. The molecular formula is C20H17ClN4O3S. The number of fused-ring (bicyclic) bond motifs is 4. The Balaban J connectivity index is 1.60. The van der Waals surface area contributed by atoms with Crippen molar-refractivity contribution in [2.45, 2.75) is 24.7 Å². The maximum absolute atomic E-state index is 6.54. The van der Waals surface area contributed by atoms with E-state index < -0.39 is 6.23 Å². The van der Waals surface area contributed by atoms with Crippen LogP contribution in [0.5, 0.6) is 17.4 Å². The summed E-state index contributed by atoms with van der Waals surface area (Å²) in [6.45, 7) is 2.28. The molecule has 0 unspecified atom stereocenters. The minimum atomic E-state index is -0.583. The number of hydrogen-bond donors (Lipinski definition) is 1. The first-order chi connectivity index (χ1) is 14.2. The van der Waals surface area contributed by atoms with E-state index in [1.165, 1.54) is 0 Å². The lowest BCUT2D eigenvalue weighted by Crippen LogP contribution is -2.17. The number of hydrogen-bond acceptors (Lipinski definition) is 8. The molecule has 3 heterocycles. The molecule has 0 radical (unpaired) electrons. The predicted octanol–water partition coefficient (Wildman–Crippen LogP) is 4.93. The lowest BCUT2D eigenvalue weighted by Gasteiger charge is -2.20. The summed E-state index contributed by atoms with van der Waals surface area (Å²) in [6.07, 6.45) is 0.436. The second-order valence-electron chi connectivity index (χ2n) is 6.51. The Morgan fingerprint density at radius 3 is 2.86 bits per heavy atom. The normalized spacial score (nSPS) is 16.3. The van der Waals surface area contributed by atoms with Gasteiger partial charge in [0.25, 0.3) is 0 Å². The topological polar surface area (TPSA) is 78.4 Å². The van der Waals surface area contributed by atoms with Crippen LogP contribution in [0, 0.1) is 0 Å². The van der Waals surface area contributed by atoms with Crippen molar-refractivity contribution in [2.24, 2.45) is 0 Å². The van der Waals surface area contributed by atoms with Gasteiger partial charge in [0.15, 0.2) is 23.4 Å². The van der Waals surface area contributed by atoms with Crippen LogP contribution in [0.3, 0.4) is 0 Å². The second-order valence-corrected chi connectivity index (χ2v) is 7.98. The molecule has 148 valence electrons. The lowest BCUT2D eigenvalue weighted by atomic mass is 10.1. The first-order valence-corrected chi connectivity index (χ1v) is 10.6. The van der Waals surface area contributed by atoms with Gasteiger partial charge in [-0.1, -0.05) is 48.5 Å². The smallest absolute Gasteiger partial charge is 0.247 e. The first-order valence-electron chi connectivity index (χ1n) is 9.22. The average molecular weight is 429 g/mol. The van der Waals surface area contributed by atoms with E-state index >= 15 is 0 Å². The van der Waals surface area contributed by atoms with Gasteiger partial charge in [0, 0.05) is 28.6 Å². The van der Waals surface area contributed by atoms with Crippen molar-refractivity contribution in [3.05, 3.63) is 47.0 Å². The highest BCUT2D eigenvalue weighted by Gasteiger charge is 2.29. The molecule has 0 fully saturated rings. The third-order valence-electron chi connectivity index (χ3n) is 4.54. The van der Waals surface area contributed by atoms with Crippen LogP contribution in [0.1, 0.15) is 25.1 Å². The van der Waals surface area contributed by atoms with Crippen LogP contribution < -0.4 is 19.5 Å². The summed E-state index contributed by atoms with van der Waals surface area (Å²) in [7, 11) is 0. The highest BCUT2D eigenvalue weighted by atomic mass is 35.5. The third-order valence-corrected chi connectivity index (χ3v) is 5.91. The van der Waals surface area contributed by atoms with Gasteiger partial charge in [-0.15, -0.1) is 10.2 Å². The van der Waals surface area contributed by atoms with E-state index in [0.717, 1.165) is 29.0 Å². The molecule has 1 N–H and O–H groups in total. The summed E-state index contributed by atoms with van der Waals surface area (Å²) in [5.74, 6) is 2.57. The van der Waals surface area contributed by atoms with Gasteiger partial charge in [-0.2, -0.15) is 4.98 Å². The fraction of sp³-hybridized carbons (Fsp3) is 0.250. The minimum absolute atomic E-state index is 0.175. The molecule has 1 aromatic heterocycles. The molecule has 0 bridgehead atoms. The largest absolute Gasteiger partial charge is 0.454 e. The van der Waals surface area contributed by atoms with Gasteiger partial charge < -0.3 is 19.5 Å². The van der Waals surface area contributed by atoms with Gasteiger partial charge >= 0.3 is 0 Å². The molecule has 0 aliphatic carbocycles. The zero-order valence-corrected chi connectivity index (χ0v) is 17.1. The summed E-state index contributed by atoms with van der Waals surface area (Å²) < 4.78 is 17.2. The summed E-state index contributed by atoms with van der Waals surface area (Å²) in [5.41, 5.74) is 3.04. The number of halogens is 1. The zero-order chi connectivity index (χ0) is 19.8. The zero-order valence-electron chi connectivity index (χ0n) is 15.5. The molecule has 0 saturated carbocycles. The Hall–Kier alpha value is -2.71. The number of nitrogens with zero attached hydrogens (tertiary/aromatic N) is 3. The molecule has 3 aromatic rings. The number of rotatable bonds is 4. The predicted molar refractivity (Wildman–Crippen MR) is 111 cm³/mol. The Labute approximate surface area is 176 Å². The van der Waals surface area contributed by atoms with Gasteiger partial charge in [-0.25, -0.2) is 0 Å². The molecule has 1 atom stereocenters. The maximum atomic E-state index is 6.54. The maximum Gasteiger partial charge on any atom is 0.247 e. The Morgan fingerprint density at radius 2 is 2.00 bits per heavy atom. The van der Waals surface area contributed by atoms with E-state index in [0.29, 0.717) is 33.3 Å². The molecule has 0 saturated heterocycles. The monoisotopic (exact) mass is 428 g/mol. The van der Waals surface area contributed by atoms with Crippen molar-refractivity contribution in [3.63, 3.8) is 0 Å². The number of benzene rings is 2. The standard InChI is InChI=1S/C20H17ClN4O3S/c1-2-7-29-20-23-19-17(24-25-20)11-5-3-4-6-14(11)22-18(28-19)12-8-15-16(9-13(12)21)27-10-26-15/h3-6,8-9,18,22H,2,7,10H2,1H3/t18-/m1/s1. The van der Waals surface area contributed by atoms with Crippen molar-refractivity contribution in [2.75, 3.05) is 17.9 Å². The third kappa shape index (κ3) is 3.42. The number of aromatic nitrogens is 3. The summed E-state index contributed by atoms with van der Waals surface area (Å²) in [5, 5.41) is 13.2. The SMILES string of the molecule is CCCSc1nnc2c(n1)O[C@H](c1cc3c(cc1Cl)OCO3)Nc1ccccc1-2. The Morgan fingerprint density at radius 1 is 1.17 bits per heavy atom. The van der Waals surface area contributed by atoms with Crippen molar-refractivity contribution in [3.8, 4) is 28.6 Å². The summed E-state index contributed by atoms with van der Waals surface area (Å²) in [6, 6.07) is 11.4. The van der Waals surface area contributed by atoms with Gasteiger partial charge in [0.05, 0.1) is 5.02 Å². The van der Waals surface area contributed by atoms with Crippen LogP contribution in [0.4, 0.5) is 5.69 Å². The molecular weight excluding hydrogens is 412 g/mol. The van der Waals surface area contributed by atoms with Crippen LogP contribution in [-0.2, 0) is 0 Å². The van der Waals surface area contributed by atoms with E-state index in [-0.39, 0.29) is 6.79 Å². The van der Waals surface area contributed by atoms with E-state index in [1.807, 2.05) is 30.3 Å². The average Bonchev–Trinajstić information content (AvgIpc) is 3.12. The summed E-state index contributed by atoms with van der Waals surface area (Å²) in [4.78, 5) is 4.62. The number of para-hydroxylation sites is 1. The number of nitrogens with one attached hydrogen (secondary N) is 1. The molecule has 29 heavy (non-hydrogen) atoms. The minimum Gasteiger partial charge on any atom is -0.454 e. The molecule has 0 spiro atoms. The first kappa shape index (κ1) is 18.3. The van der Waals surface area contributed by atoms with E-state index in [2.05, 4.69) is 27.4 Å². The van der Waals surface area contributed by atoms with Gasteiger partial charge in [0.2, 0.25) is 17.8 Å². The number of thioether (sulfide) groups is 1. The Bertz CT molecular complexity index is 1080. The van der Waals surface area contributed by atoms with E-state index in [9.17, 15) is 0 Å². The molecule has 2 aromatic carbocycles. The molecule has 2 aliphatic heterocycles. The van der Waals surface area contributed by atoms with Crippen molar-refractivity contribution < 1.29 is 14.2 Å². The quantitative estimate of drug-likeness (QED) is 0.586. The highest BCUT2D eigenvalue weighted by Crippen LogP contribution is 2.44. The second kappa shape index (κ2) is 7.61. The van der Waals surface area contributed by atoms with Crippen LogP contribution in [0.25, 0.3) is 11.3 Å². The molecule has 7 nitrogen and oxygen atoms in total. The molecule has 5 rings (SSSR count). The van der Waals surface area contributed by atoms with Crippen molar-refractivity contribution in [1.82, 2.24) is 15.2 Å². The van der Waals surface area contributed by atoms with Crippen LogP contribution in [-0.4, -0.2) is 27.7 Å². The molecule has 2 aliphatic rings. The van der Waals surface area contributed by atoms with E-state index in [4.69, 9.17) is 25.8 Å². The van der Waals surface area contributed by atoms with Crippen LogP contribution in [0.15, 0.2) is 41.6 Å². The molecule has 9 heteroatoms. The van der Waals surface area contributed by atoms with E-state index in [1.54, 1.807) is 17.8 Å². The van der Waals surface area contributed by atoms with Gasteiger partial charge in [-0.3, -0.25) is 0 Å². The van der Waals surface area contributed by atoms with Crippen LogP contribution >= 0.6 is 23.4 Å². The fourth-order valence-corrected chi connectivity index (χ4v) is 4.06. The number of anilines is 1. The fourth-order valence-electron chi connectivity index (χ4n) is 3.18. The highest BCUT2D eigenvalue weighted by molar-refractivity contribution is 7.99. The Kier molecular flexibility index (Phi) is 4.81. The molecule has 0 amide bonds. The van der Waals surface area contributed by atoms with Crippen LogP contribution in [0.2, 0.25) is 5.02 Å².